The van der Waals surface area contributed by atoms with Crippen LogP contribution in [-0.2, 0) is 0 Å². The molecule has 0 aromatic carbocycles. The Kier molecular flexibility index (Phi) is 5.38. The molecule has 0 rings (SSSR count). The Bertz CT molecular complexity index is 48.0. The Balaban J connectivity index is 2.93. The van der Waals surface area contributed by atoms with E-state index in [0.29, 0.717) is 0 Å². The van der Waals surface area contributed by atoms with Gasteiger partial charge < -0.3 is 0 Å². The molecule has 0 fully saturated rings. The second-order valence-corrected chi connectivity index (χ2v) is 8.71. The fraction of sp³-hybridized carbons (Fsp3) is 1.00. The Hall–Kier alpha value is 0.959. The zero-order valence-electron chi connectivity index (χ0n) is 5.71. The molecule has 0 saturated heterocycles. The van der Waals surface area contributed by atoms with Crippen molar-refractivity contribution < 1.29 is 0 Å². The maximum atomic E-state index is 2.27. The molecule has 0 aliphatic carbocycles. The predicted molar refractivity (Wildman–Crippen MR) is 38.9 cm³/mol. The van der Waals surface area contributed by atoms with Gasteiger partial charge in [-0.25, -0.2) is 0 Å². The van der Waals surface area contributed by atoms with Gasteiger partial charge in [0, 0.05) is 0 Å². The van der Waals surface area contributed by atoms with Gasteiger partial charge in [0.15, 0.2) is 0 Å². The van der Waals surface area contributed by atoms with E-state index in [1.807, 2.05) is 0 Å². The fourth-order valence-corrected chi connectivity index (χ4v) is 3.60. The van der Waals surface area contributed by atoms with Crippen LogP contribution in [0.2, 0.25) is 0 Å². The molecule has 0 aliphatic heterocycles. The van der Waals surface area contributed by atoms with E-state index in [-0.39, 0.29) is 0 Å². The average Bonchev–Trinajstić information content (AvgIpc) is 1.61. The second-order valence-electron chi connectivity index (χ2n) is 1.77. The molecule has 0 N–H and O–H groups in total. The number of hydrogen-bond acceptors (Lipinski definition) is 2. The fourth-order valence-electron chi connectivity index (χ4n) is 0.133. The Morgan fingerprint density at radius 1 is 0.750 bits per heavy atom. The molecule has 0 bridgehead atoms. The van der Waals surface area contributed by atoms with Gasteiger partial charge in [0.1, 0.15) is 0 Å². The van der Waals surface area contributed by atoms with Crippen LogP contribution in [0.4, 0.5) is 0 Å². The summed E-state index contributed by atoms with van der Waals surface area (Å²) in [4.78, 5) is 0. The van der Waals surface area contributed by atoms with Crippen molar-refractivity contribution in [3.63, 3.8) is 0 Å². The van der Waals surface area contributed by atoms with E-state index >= 15 is 0 Å². The molecule has 0 atom stereocenters. The molecule has 0 aromatic heterocycles. The molecule has 0 spiro atoms. The van der Waals surface area contributed by atoms with Crippen molar-refractivity contribution in [3.05, 3.63) is 0 Å². The van der Waals surface area contributed by atoms with Crippen molar-refractivity contribution in [1.82, 2.24) is 7.83 Å². The van der Waals surface area contributed by atoms with Crippen molar-refractivity contribution in [1.29, 1.82) is 0 Å². The van der Waals surface area contributed by atoms with Gasteiger partial charge in [0.25, 0.3) is 0 Å². The van der Waals surface area contributed by atoms with Crippen LogP contribution in [0.15, 0.2) is 0 Å². The van der Waals surface area contributed by atoms with Crippen molar-refractivity contribution >= 4 is 26.7 Å². The zero-order valence-corrected chi connectivity index (χ0v) is 9.14. The molecule has 50 valence electrons. The van der Waals surface area contributed by atoms with E-state index in [1.165, 1.54) is 0 Å². The Morgan fingerprint density at radius 2 is 1.00 bits per heavy atom. The first-order valence-electron chi connectivity index (χ1n) is 2.32. The molecule has 8 heavy (non-hydrogen) atoms. The summed E-state index contributed by atoms with van der Waals surface area (Å²) in [5.74, 6) is 0. The summed E-state index contributed by atoms with van der Waals surface area (Å²) in [5, 5.41) is 0. The minimum absolute atomic E-state index is 0.719. The van der Waals surface area contributed by atoms with Crippen LogP contribution < -0.4 is 0 Å². The summed E-state index contributed by atoms with van der Waals surface area (Å²) in [6.45, 7) is 0. The maximum absolute atomic E-state index is 2.27. The molecule has 0 heterocycles. The van der Waals surface area contributed by atoms with E-state index < -0.39 is 0 Å². The zero-order chi connectivity index (χ0) is 6.57. The normalized spacial score (nSPS) is 11.2. The second kappa shape index (κ2) is 4.80. The number of nitrogens with zero attached hydrogens (tertiary/aromatic N) is 2. The van der Waals surface area contributed by atoms with Gasteiger partial charge in [-0.3, -0.25) is 0 Å². The summed E-state index contributed by atoms with van der Waals surface area (Å²) < 4.78 is 4.54. The molecular weight excluding hydrogens is 234 g/mol. The summed E-state index contributed by atoms with van der Waals surface area (Å²) >= 11 is 1.44. The molecule has 2 nitrogen and oxygen atoms in total. The minimum atomic E-state index is 0.719. The van der Waals surface area contributed by atoms with Crippen LogP contribution in [0.3, 0.4) is 0 Å². The van der Waals surface area contributed by atoms with Gasteiger partial charge >= 0.3 is 62.7 Å². The van der Waals surface area contributed by atoms with Gasteiger partial charge in [0.2, 0.25) is 0 Å². The van der Waals surface area contributed by atoms with Crippen LogP contribution in [-0.4, -0.2) is 62.7 Å². The summed E-state index contributed by atoms with van der Waals surface area (Å²) in [7, 11) is 8.52. The Labute approximate surface area is 62.9 Å². The van der Waals surface area contributed by atoms with E-state index in [2.05, 4.69) is 36.0 Å². The first kappa shape index (κ1) is 8.96. The van der Waals surface area contributed by atoms with Crippen LogP contribution in [0, 0.1) is 0 Å². The van der Waals surface area contributed by atoms with Gasteiger partial charge in [-0.2, -0.15) is 0 Å². The van der Waals surface area contributed by atoms with Gasteiger partial charge in [-0.05, 0) is 0 Å². The third-order valence-corrected chi connectivity index (χ3v) is 8.95. The quantitative estimate of drug-likeness (QED) is 0.605. The predicted octanol–water partition coefficient (Wildman–Crippen LogP) is -0.737. The standard InChI is InChI=1S/C4H12N2Se2/c1-5(2)7-8-6(3)4/h1-4H3. The molecular formula is C4H12N2Se2. The van der Waals surface area contributed by atoms with Gasteiger partial charge in [0.05, 0.1) is 0 Å². The van der Waals surface area contributed by atoms with Crippen LogP contribution in [0.25, 0.3) is 0 Å². The van der Waals surface area contributed by atoms with Crippen LogP contribution in [0.1, 0.15) is 0 Å². The summed E-state index contributed by atoms with van der Waals surface area (Å²) in [6.07, 6.45) is 0. The molecule has 0 unspecified atom stereocenters. The molecule has 0 aliphatic rings. The van der Waals surface area contributed by atoms with Crippen LogP contribution >= 0.6 is 0 Å². The van der Waals surface area contributed by atoms with E-state index in [9.17, 15) is 0 Å². The third-order valence-electron chi connectivity index (χ3n) is 0.331. The third kappa shape index (κ3) is 6.96. The Morgan fingerprint density at radius 3 is 1.12 bits per heavy atom. The first-order valence-corrected chi connectivity index (χ1v) is 8.19. The first-order chi connectivity index (χ1) is 3.63. The number of hydrogen-bond donors (Lipinski definition) is 0. The van der Waals surface area contributed by atoms with E-state index in [4.69, 9.17) is 0 Å². The SMILES string of the molecule is CN(C)[Se][Se]N(C)C. The van der Waals surface area contributed by atoms with E-state index in [1.54, 1.807) is 0 Å². The molecule has 0 aromatic rings. The van der Waals surface area contributed by atoms with Gasteiger partial charge in [-0.1, -0.05) is 0 Å². The number of rotatable bonds is 3. The molecule has 0 saturated carbocycles. The van der Waals surface area contributed by atoms with Gasteiger partial charge in [-0.15, -0.1) is 0 Å². The van der Waals surface area contributed by atoms with Crippen molar-refractivity contribution in [2.24, 2.45) is 0 Å². The van der Waals surface area contributed by atoms with Crippen LogP contribution in [0.5, 0.6) is 0 Å². The molecule has 4 heteroatoms. The summed E-state index contributed by atoms with van der Waals surface area (Å²) in [5.41, 5.74) is 0. The van der Waals surface area contributed by atoms with E-state index in [0.717, 1.165) is 26.7 Å². The summed E-state index contributed by atoms with van der Waals surface area (Å²) in [6, 6.07) is 0. The molecule has 0 radical (unpaired) electrons. The average molecular weight is 246 g/mol. The van der Waals surface area contributed by atoms with Crippen molar-refractivity contribution in [2.75, 3.05) is 28.2 Å². The monoisotopic (exact) mass is 248 g/mol. The molecule has 0 amide bonds. The topological polar surface area (TPSA) is 6.48 Å². The van der Waals surface area contributed by atoms with Crippen molar-refractivity contribution in [3.8, 4) is 0 Å². The van der Waals surface area contributed by atoms with Crippen molar-refractivity contribution in [2.45, 2.75) is 0 Å².